The van der Waals surface area contributed by atoms with E-state index in [4.69, 9.17) is 0 Å². The Kier molecular flexibility index (Phi) is 9.67. The van der Waals surface area contributed by atoms with Crippen molar-refractivity contribution in [2.75, 3.05) is 0 Å². The van der Waals surface area contributed by atoms with Gasteiger partial charge >= 0.3 is 5.92 Å². The zero-order valence-corrected chi connectivity index (χ0v) is 23.1. The summed E-state index contributed by atoms with van der Waals surface area (Å²) in [6.07, 6.45) is 7.68. The number of alkyl halides is 2. The van der Waals surface area contributed by atoms with Gasteiger partial charge in [0, 0.05) is 41.5 Å². The number of tetrazole rings is 1. The lowest BCUT2D eigenvalue weighted by Crippen LogP contribution is -2.48. The molecule has 0 spiro atoms. The topological polar surface area (TPSA) is 88.8 Å². The summed E-state index contributed by atoms with van der Waals surface area (Å²) < 4.78 is 73.9. The molecule has 0 saturated heterocycles. The Balaban J connectivity index is 1.48. The van der Waals surface area contributed by atoms with E-state index in [0.29, 0.717) is 18.2 Å². The van der Waals surface area contributed by atoms with E-state index in [1.165, 1.54) is 18.2 Å². The summed E-state index contributed by atoms with van der Waals surface area (Å²) in [5.41, 5.74) is -2.87. The number of benzene rings is 2. The van der Waals surface area contributed by atoms with Crippen molar-refractivity contribution in [3.63, 3.8) is 0 Å². The van der Waals surface area contributed by atoms with E-state index < -0.39 is 41.0 Å². The lowest BCUT2D eigenvalue weighted by Gasteiger charge is -2.35. The van der Waals surface area contributed by atoms with Crippen LogP contribution in [0.1, 0.15) is 36.2 Å². The van der Waals surface area contributed by atoms with Crippen molar-refractivity contribution >= 4 is 0 Å². The van der Waals surface area contributed by atoms with Crippen molar-refractivity contribution in [1.82, 2.24) is 30.5 Å². The van der Waals surface area contributed by atoms with Crippen LogP contribution >= 0.6 is 0 Å². The molecule has 0 amide bonds. The standard InChI is InChI=1S/C31H27F5N6O/c1-3-26(37-17-23-7-10-24(32)11-8-23)13-5-21(2)4-6-22-9-15-29(38-18-22)31(35,36)30(43,19-42-20-39-40-41-42)27-14-12-25(33)16-28(27)34/h3,5,7-16,18,20-21,37,43H,17,19H2,1-2H3/b13-5-,26-3+. The molecule has 0 saturated carbocycles. The van der Waals surface area contributed by atoms with Crippen LogP contribution < -0.4 is 5.32 Å². The van der Waals surface area contributed by atoms with E-state index in [2.05, 4.69) is 37.7 Å². The predicted molar refractivity (Wildman–Crippen MR) is 148 cm³/mol. The van der Waals surface area contributed by atoms with E-state index >= 15 is 8.78 Å². The van der Waals surface area contributed by atoms with E-state index in [9.17, 15) is 18.3 Å². The van der Waals surface area contributed by atoms with Crippen LogP contribution in [-0.2, 0) is 24.6 Å². The van der Waals surface area contributed by atoms with E-state index in [0.717, 1.165) is 46.7 Å². The number of hydrogen-bond donors (Lipinski definition) is 2. The molecule has 2 aromatic carbocycles. The summed E-state index contributed by atoms with van der Waals surface area (Å²) in [6, 6.07) is 10.4. The highest BCUT2D eigenvalue weighted by Gasteiger charge is 2.58. The van der Waals surface area contributed by atoms with E-state index in [-0.39, 0.29) is 11.7 Å². The number of halogens is 5. The number of allylic oxidation sites excluding steroid dienone is 3. The molecule has 2 unspecified atom stereocenters. The highest BCUT2D eigenvalue weighted by atomic mass is 19.3. The minimum absolute atomic E-state index is 0.216. The highest BCUT2D eigenvalue weighted by Crippen LogP contribution is 2.46. The molecule has 12 heteroatoms. The second kappa shape index (κ2) is 13.4. The Labute approximate surface area is 244 Å². The SMILES string of the molecule is C/C=C(\C=C/C(C)C#Cc1ccc(C(F)(F)C(O)(Cn2cnnn2)c2ccc(F)cc2F)nc1)NCc1ccc(F)cc1. The predicted octanol–water partition coefficient (Wildman–Crippen LogP) is 5.40. The molecule has 0 aliphatic heterocycles. The molecule has 7 nitrogen and oxygen atoms in total. The van der Waals surface area contributed by atoms with Gasteiger partial charge in [0.1, 0.15) is 29.5 Å². The summed E-state index contributed by atoms with van der Waals surface area (Å²) in [5, 5.41) is 24.7. The van der Waals surface area contributed by atoms with Crippen LogP contribution in [0, 0.1) is 35.2 Å². The Morgan fingerprint density at radius 1 is 1.07 bits per heavy atom. The molecule has 2 heterocycles. The molecule has 222 valence electrons. The maximum Gasteiger partial charge on any atom is 0.323 e. The van der Waals surface area contributed by atoms with Gasteiger partial charge in [-0.15, -0.1) is 5.10 Å². The average Bonchev–Trinajstić information content (AvgIpc) is 3.50. The van der Waals surface area contributed by atoms with Crippen LogP contribution in [0.3, 0.4) is 0 Å². The van der Waals surface area contributed by atoms with Crippen molar-refractivity contribution in [3.8, 4) is 11.8 Å². The molecule has 0 bridgehead atoms. The van der Waals surface area contributed by atoms with Gasteiger partial charge < -0.3 is 10.4 Å². The molecular formula is C31H27F5N6O. The summed E-state index contributed by atoms with van der Waals surface area (Å²) in [6.45, 7) is 3.27. The Hall–Kier alpha value is -4.89. The fourth-order valence-corrected chi connectivity index (χ4v) is 4.09. The quantitative estimate of drug-likeness (QED) is 0.145. The van der Waals surface area contributed by atoms with Gasteiger partial charge in [0.2, 0.25) is 0 Å². The summed E-state index contributed by atoms with van der Waals surface area (Å²) >= 11 is 0. The van der Waals surface area contributed by atoms with Crippen molar-refractivity contribution in [1.29, 1.82) is 0 Å². The molecule has 4 rings (SSSR count). The lowest BCUT2D eigenvalue weighted by atomic mass is 9.84. The van der Waals surface area contributed by atoms with Crippen molar-refractivity contribution in [2.24, 2.45) is 5.92 Å². The Morgan fingerprint density at radius 3 is 2.44 bits per heavy atom. The lowest BCUT2D eigenvalue weighted by molar-refractivity contribution is -0.207. The molecule has 0 fully saturated rings. The summed E-state index contributed by atoms with van der Waals surface area (Å²) in [5.74, 6) is -1.18. The van der Waals surface area contributed by atoms with Crippen LogP contribution in [0.5, 0.6) is 0 Å². The smallest absolute Gasteiger partial charge is 0.323 e. The molecular weight excluding hydrogens is 567 g/mol. The van der Waals surface area contributed by atoms with Crippen LogP contribution in [0.15, 0.2) is 91.0 Å². The number of aromatic nitrogens is 5. The van der Waals surface area contributed by atoms with Crippen LogP contribution in [-0.4, -0.2) is 30.3 Å². The van der Waals surface area contributed by atoms with Gasteiger partial charge in [0.15, 0.2) is 5.60 Å². The summed E-state index contributed by atoms with van der Waals surface area (Å²) in [7, 11) is 0. The minimum Gasteiger partial charge on any atom is -0.381 e. The number of hydrogen-bond acceptors (Lipinski definition) is 6. The molecule has 0 aliphatic carbocycles. The summed E-state index contributed by atoms with van der Waals surface area (Å²) in [4.78, 5) is 3.81. The van der Waals surface area contributed by atoms with Gasteiger partial charge in [0.05, 0.1) is 6.54 Å². The highest BCUT2D eigenvalue weighted by molar-refractivity contribution is 5.37. The molecule has 2 N–H and O–H groups in total. The van der Waals surface area contributed by atoms with Gasteiger partial charge in [-0.2, -0.15) is 8.78 Å². The van der Waals surface area contributed by atoms with E-state index in [1.807, 2.05) is 32.1 Å². The first-order chi connectivity index (χ1) is 20.5. The Bertz CT molecular complexity index is 1640. The van der Waals surface area contributed by atoms with Gasteiger partial charge in [-0.1, -0.05) is 36.1 Å². The maximum atomic E-state index is 15.9. The monoisotopic (exact) mass is 594 g/mol. The molecule has 4 aromatic rings. The third-order valence-electron chi connectivity index (χ3n) is 6.49. The zero-order valence-electron chi connectivity index (χ0n) is 23.1. The minimum atomic E-state index is -4.16. The van der Waals surface area contributed by atoms with Crippen molar-refractivity contribution in [3.05, 3.63) is 131 Å². The third kappa shape index (κ3) is 7.50. The van der Waals surface area contributed by atoms with Crippen molar-refractivity contribution < 1.29 is 27.1 Å². The number of nitrogens with one attached hydrogen (secondary N) is 1. The number of rotatable bonds is 10. The molecule has 43 heavy (non-hydrogen) atoms. The number of aliphatic hydroxyl groups is 1. The second-order valence-electron chi connectivity index (χ2n) is 9.64. The Morgan fingerprint density at radius 2 is 1.81 bits per heavy atom. The third-order valence-corrected chi connectivity index (χ3v) is 6.49. The number of nitrogens with zero attached hydrogens (tertiary/aromatic N) is 5. The van der Waals surface area contributed by atoms with Crippen LogP contribution in [0.25, 0.3) is 0 Å². The maximum absolute atomic E-state index is 15.9. The van der Waals surface area contributed by atoms with Gasteiger partial charge in [-0.25, -0.2) is 17.9 Å². The largest absolute Gasteiger partial charge is 0.381 e. The van der Waals surface area contributed by atoms with E-state index in [1.54, 1.807) is 12.1 Å². The number of pyridine rings is 1. The van der Waals surface area contributed by atoms with Gasteiger partial charge in [-0.05, 0) is 72.3 Å². The van der Waals surface area contributed by atoms with Crippen LogP contribution in [0.2, 0.25) is 0 Å². The first kappa shape index (κ1) is 31.1. The van der Waals surface area contributed by atoms with Gasteiger partial charge in [-0.3, -0.25) is 4.98 Å². The first-order valence-electron chi connectivity index (χ1n) is 13.1. The van der Waals surface area contributed by atoms with Gasteiger partial charge in [0.25, 0.3) is 0 Å². The zero-order chi connectivity index (χ0) is 31.0. The van der Waals surface area contributed by atoms with Crippen LogP contribution in [0.4, 0.5) is 22.0 Å². The molecule has 0 aliphatic rings. The molecule has 0 radical (unpaired) electrons. The first-order valence-corrected chi connectivity index (χ1v) is 13.1. The molecule has 2 aromatic heterocycles. The fraction of sp³-hybridized carbons (Fsp3) is 0.226. The molecule has 2 atom stereocenters. The van der Waals surface area contributed by atoms with Crippen molar-refractivity contribution in [2.45, 2.75) is 38.5 Å². The average molecular weight is 595 g/mol. The second-order valence-corrected chi connectivity index (χ2v) is 9.64. The fourth-order valence-electron chi connectivity index (χ4n) is 4.09. The normalized spacial score (nSPS) is 14.2.